The number of carbonyl (C=O) groups excluding carboxylic acids is 2. The van der Waals surface area contributed by atoms with Crippen LogP contribution in [0.5, 0.6) is 0 Å². The molecule has 0 unspecified atom stereocenters. The number of halogens is 1. The van der Waals surface area contributed by atoms with Gasteiger partial charge in [0.15, 0.2) is 12.3 Å². The maximum atomic E-state index is 12.6. The van der Waals surface area contributed by atoms with E-state index in [-0.39, 0.29) is 17.2 Å². The summed E-state index contributed by atoms with van der Waals surface area (Å²) in [7, 11) is 0. The fourth-order valence-corrected chi connectivity index (χ4v) is 3.05. The summed E-state index contributed by atoms with van der Waals surface area (Å²) >= 11 is 3.32. The van der Waals surface area contributed by atoms with Crippen LogP contribution in [0.3, 0.4) is 0 Å². The highest BCUT2D eigenvalue weighted by molar-refractivity contribution is 9.10. The van der Waals surface area contributed by atoms with Crippen LogP contribution in [-0.2, 0) is 16.1 Å². The summed E-state index contributed by atoms with van der Waals surface area (Å²) in [6.45, 7) is 3.81. The first-order chi connectivity index (χ1) is 13.8. The van der Waals surface area contributed by atoms with Crippen molar-refractivity contribution in [1.82, 2.24) is 9.78 Å². The Morgan fingerprint density at radius 1 is 1.10 bits per heavy atom. The van der Waals surface area contributed by atoms with Gasteiger partial charge in [0.05, 0.1) is 5.39 Å². The average Bonchev–Trinajstić information content (AvgIpc) is 2.70. The molecule has 2 aromatic carbocycles. The van der Waals surface area contributed by atoms with Gasteiger partial charge in [-0.1, -0.05) is 48.0 Å². The van der Waals surface area contributed by atoms with E-state index < -0.39 is 18.5 Å². The van der Waals surface area contributed by atoms with Gasteiger partial charge >= 0.3 is 5.97 Å². The Bertz CT molecular complexity index is 1110. The molecule has 1 N–H and O–H groups in total. The third-order valence-corrected chi connectivity index (χ3v) is 4.59. The van der Waals surface area contributed by atoms with Gasteiger partial charge in [0, 0.05) is 22.1 Å². The molecular formula is C21H20BrN3O4. The Balaban J connectivity index is 1.79. The van der Waals surface area contributed by atoms with Gasteiger partial charge in [-0.2, -0.15) is 5.10 Å². The molecule has 0 fully saturated rings. The second-order valence-electron chi connectivity index (χ2n) is 6.91. The maximum Gasteiger partial charge on any atom is 0.359 e. The molecule has 3 rings (SSSR count). The molecule has 8 heteroatoms. The van der Waals surface area contributed by atoms with Crippen molar-refractivity contribution < 1.29 is 14.3 Å². The lowest BCUT2D eigenvalue weighted by Gasteiger charge is -2.12. The van der Waals surface area contributed by atoms with Crippen molar-refractivity contribution in [2.24, 2.45) is 5.92 Å². The van der Waals surface area contributed by atoms with E-state index >= 15 is 0 Å². The van der Waals surface area contributed by atoms with Crippen molar-refractivity contribution in [3.8, 4) is 0 Å². The average molecular weight is 458 g/mol. The molecule has 0 aliphatic carbocycles. The molecule has 0 aliphatic rings. The molecule has 3 aromatic rings. The monoisotopic (exact) mass is 457 g/mol. The van der Waals surface area contributed by atoms with Gasteiger partial charge in [-0.15, -0.1) is 0 Å². The third kappa shape index (κ3) is 5.08. The number of carbonyl (C=O) groups is 2. The Morgan fingerprint density at radius 2 is 1.76 bits per heavy atom. The van der Waals surface area contributed by atoms with Crippen LogP contribution in [0.2, 0.25) is 0 Å². The van der Waals surface area contributed by atoms with Gasteiger partial charge in [-0.25, -0.2) is 9.48 Å². The number of nitrogens with one attached hydrogen (secondary N) is 1. The van der Waals surface area contributed by atoms with Gasteiger partial charge in [-0.3, -0.25) is 9.59 Å². The lowest BCUT2D eigenvalue weighted by molar-refractivity contribution is -0.119. The first-order valence-electron chi connectivity index (χ1n) is 9.07. The number of hydrogen-bond acceptors (Lipinski definition) is 5. The Hall–Kier alpha value is -3.00. The van der Waals surface area contributed by atoms with Crippen LogP contribution in [0.1, 0.15) is 24.3 Å². The minimum Gasteiger partial charge on any atom is -0.451 e. The number of fused-ring (bicyclic) bond motifs is 1. The summed E-state index contributed by atoms with van der Waals surface area (Å²) in [5.41, 5.74) is 0.333. The predicted octanol–water partition coefficient (Wildman–Crippen LogP) is 3.61. The van der Waals surface area contributed by atoms with E-state index in [1.54, 1.807) is 48.5 Å². The molecule has 150 valence electrons. The second-order valence-corrected chi connectivity index (χ2v) is 7.82. The molecule has 1 aromatic heterocycles. The summed E-state index contributed by atoms with van der Waals surface area (Å²) in [5.74, 6) is -1.06. The van der Waals surface area contributed by atoms with E-state index in [0.717, 1.165) is 4.47 Å². The van der Waals surface area contributed by atoms with Crippen LogP contribution in [0.25, 0.3) is 10.8 Å². The van der Waals surface area contributed by atoms with Crippen LogP contribution in [0.4, 0.5) is 5.69 Å². The largest absolute Gasteiger partial charge is 0.451 e. The van der Waals surface area contributed by atoms with Crippen LogP contribution in [-0.4, -0.2) is 28.3 Å². The minimum atomic E-state index is -0.760. The minimum absolute atomic E-state index is 0.0114. The SMILES string of the molecule is CC(C)Cn1nc(C(=O)OCC(=O)Nc2ccc(Br)cc2)c2ccccc2c1=O. The Morgan fingerprint density at radius 3 is 2.41 bits per heavy atom. The van der Waals surface area contributed by atoms with Crippen molar-refractivity contribution >= 4 is 44.3 Å². The van der Waals surface area contributed by atoms with E-state index in [2.05, 4.69) is 26.3 Å². The molecule has 0 spiro atoms. The highest BCUT2D eigenvalue weighted by Gasteiger charge is 2.19. The number of esters is 1. The zero-order valence-electron chi connectivity index (χ0n) is 16.0. The smallest absolute Gasteiger partial charge is 0.359 e. The fraction of sp³-hybridized carbons (Fsp3) is 0.238. The summed E-state index contributed by atoms with van der Waals surface area (Å²) < 4.78 is 7.31. The van der Waals surface area contributed by atoms with Gasteiger partial charge in [-0.05, 0) is 36.2 Å². The van der Waals surface area contributed by atoms with Crippen molar-refractivity contribution in [3.63, 3.8) is 0 Å². The number of anilines is 1. The molecule has 1 heterocycles. The van der Waals surface area contributed by atoms with Crippen molar-refractivity contribution in [2.45, 2.75) is 20.4 Å². The van der Waals surface area contributed by atoms with Crippen LogP contribution in [0, 0.1) is 5.92 Å². The molecule has 7 nitrogen and oxygen atoms in total. The first kappa shape index (κ1) is 20.7. The highest BCUT2D eigenvalue weighted by Crippen LogP contribution is 2.16. The van der Waals surface area contributed by atoms with Gasteiger partial charge in [0.1, 0.15) is 0 Å². The number of nitrogens with zero attached hydrogens (tertiary/aromatic N) is 2. The molecule has 0 bridgehead atoms. The molecular weight excluding hydrogens is 438 g/mol. The number of benzene rings is 2. The summed E-state index contributed by atoms with van der Waals surface area (Å²) in [5, 5.41) is 7.63. The van der Waals surface area contributed by atoms with E-state index in [4.69, 9.17) is 4.74 Å². The van der Waals surface area contributed by atoms with Gasteiger partial charge in [0.25, 0.3) is 11.5 Å². The third-order valence-electron chi connectivity index (χ3n) is 4.06. The standard InChI is InChI=1S/C21H20BrN3O4/c1-13(2)11-25-20(27)17-6-4-3-5-16(17)19(24-25)21(28)29-12-18(26)23-15-9-7-14(22)8-10-15/h3-10,13H,11-12H2,1-2H3,(H,23,26). The normalized spacial score (nSPS) is 10.9. The second kappa shape index (κ2) is 9.00. The highest BCUT2D eigenvalue weighted by atomic mass is 79.9. The Labute approximate surface area is 175 Å². The van der Waals surface area contributed by atoms with Gasteiger partial charge in [0.2, 0.25) is 0 Å². The van der Waals surface area contributed by atoms with Crippen LogP contribution in [0.15, 0.2) is 57.8 Å². The van der Waals surface area contributed by atoms with Crippen LogP contribution >= 0.6 is 15.9 Å². The molecule has 1 amide bonds. The Kier molecular flexibility index (Phi) is 6.43. The summed E-state index contributed by atoms with van der Waals surface area (Å²) in [4.78, 5) is 37.3. The maximum absolute atomic E-state index is 12.6. The van der Waals surface area contributed by atoms with E-state index in [9.17, 15) is 14.4 Å². The van der Waals surface area contributed by atoms with E-state index in [1.807, 2.05) is 13.8 Å². The molecule has 0 saturated carbocycles. The van der Waals surface area contributed by atoms with E-state index in [1.165, 1.54) is 4.68 Å². The van der Waals surface area contributed by atoms with Crippen molar-refractivity contribution in [1.29, 1.82) is 0 Å². The lowest BCUT2D eigenvalue weighted by atomic mass is 10.1. The van der Waals surface area contributed by atoms with E-state index in [0.29, 0.717) is 23.0 Å². The number of hydrogen-bond donors (Lipinski definition) is 1. The van der Waals surface area contributed by atoms with Crippen molar-refractivity contribution in [3.05, 3.63) is 69.1 Å². The van der Waals surface area contributed by atoms with Gasteiger partial charge < -0.3 is 10.1 Å². The predicted molar refractivity (Wildman–Crippen MR) is 114 cm³/mol. The number of rotatable bonds is 6. The number of aromatic nitrogens is 2. The van der Waals surface area contributed by atoms with Crippen molar-refractivity contribution in [2.75, 3.05) is 11.9 Å². The van der Waals surface area contributed by atoms with Crippen LogP contribution < -0.4 is 10.9 Å². The zero-order valence-corrected chi connectivity index (χ0v) is 17.6. The molecule has 0 aliphatic heterocycles. The zero-order chi connectivity index (χ0) is 21.0. The summed E-state index contributed by atoms with van der Waals surface area (Å²) in [6.07, 6.45) is 0. The molecule has 0 atom stereocenters. The topological polar surface area (TPSA) is 90.3 Å². The number of amides is 1. The lowest BCUT2D eigenvalue weighted by Crippen LogP contribution is -2.29. The fourth-order valence-electron chi connectivity index (χ4n) is 2.79. The first-order valence-corrected chi connectivity index (χ1v) is 9.87. The quantitative estimate of drug-likeness (QED) is 0.570. The number of ether oxygens (including phenoxy) is 1. The molecule has 0 saturated heterocycles. The molecule has 29 heavy (non-hydrogen) atoms. The summed E-state index contributed by atoms with van der Waals surface area (Å²) in [6, 6.07) is 13.7. The molecule has 0 radical (unpaired) electrons.